The number of aromatic nitrogens is 1. The van der Waals surface area contributed by atoms with Crippen LogP contribution in [0, 0.1) is 4.91 Å². The van der Waals surface area contributed by atoms with Gasteiger partial charge in [-0.25, -0.2) is 9.87 Å². The minimum absolute atomic E-state index is 0.0863. The molecule has 3 rings (SSSR count). The molecule has 1 aromatic heterocycles. The molecule has 23 heavy (non-hydrogen) atoms. The molecule has 0 unspecified atom stereocenters. The Balaban J connectivity index is 1.88. The van der Waals surface area contributed by atoms with Crippen LogP contribution in [0.15, 0.2) is 59.8 Å². The van der Waals surface area contributed by atoms with Crippen LogP contribution < -0.4 is 0 Å². The van der Waals surface area contributed by atoms with Crippen molar-refractivity contribution < 1.29 is 10.1 Å². The number of rotatable bonds is 5. The zero-order chi connectivity index (χ0) is 16.1. The average molecular weight is 306 g/mol. The van der Waals surface area contributed by atoms with Gasteiger partial charge >= 0.3 is 0 Å². The Hall–Kier alpha value is -2.89. The third-order valence-electron chi connectivity index (χ3n) is 3.49. The minimum atomic E-state index is -0.0863. The predicted octanol–water partition coefficient (Wildman–Crippen LogP) is 4.79. The molecule has 0 aliphatic carbocycles. The zero-order valence-electron chi connectivity index (χ0n) is 12.2. The number of nitrogens with zero attached hydrogens (tertiary/aromatic N) is 2. The first-order valence-corrected chi connectivity index (χ1v) is 7.06. The standard InChI is InChI=1S/C18H14N2O3/c21-20-18-10-6-13(11-15(18)12-23-22)5-8-16-9-7-14-3-1-2-4-17(14)19-16/h1-11,22H,12H2/b8-5+. The molecular formula is C18H14N2O3. The summed E-state index contributed by atoms with van der Waals surface area (Å²) in [5.74, 6) is 0. The van der Waals surface area contributed by atoms with Crippen LogP contribution in [0.5, 0.6) is 0 Å². The van der Waals surface area contributed by atoms with Crippen LogP contribution in [0.25, 0.3) is 23.1 Å². The summed E-state index contributed by atoms with van der Waals surface area (Å²) in [6.45, 7) is -0.0863. The van der Waals surface area contributed by atoms with Crippen LogP contribution in [0.4, 0.5) is 5.69 Å². The molecular weight excluding hydrogens is 292 g/mol. The molecule has 1 heterocycles. The van der Waals surface area contributed by atoms with Gasteiger partial charge in [0, 0.05) is 10.9 Å². The normalized spacial score (nSPS) is 11.2. The zero-order valence-corrected chi connectivity index (χ0v) is 12.2. The van der Waals surface area contributed by atoms with E-state index in [4.69, 9.17) is 5.26 Å². The highest BCUT2D eigenvalue weighted by Crippen LogP contribution is 2.22. The second-order valence-electron chi connectivity index (χ2n) is 5.02. The lowest BCUT2D eigenvalue weighted by atomic mass is 10.1. The molecule has 0 saturated carbocycles. The third kappa shape index (κ3) is 3.48. The van der Waals surface area contributed by atoms with Crippen molar-refractivity contribution in [2.45, 2.75) is 6.61 Å². The monoisotopic (exact) mass is 306 g/mol. The molecule has 5 heteroatoms. The second-order valence-corrected chi connectivity index (χ2v) is 5.02. The largest absolute Gasteiger partial charge is 0.251 e. The second kappa shape index (κ2) is 6.91. The van der Waals surface area contributed by atoms with E-state index in [-0.39, 0.29) is 12.3 Å². The first-order valence-electron chi connectivity index (χ1n) is 7.06. The van der Waals surface area contributed by atoms with E-state index in [2.05, 4.69) is 15.0 Å². The fourth-order valence-corrected chi connectivity index (χ4v) is 2.34. The molecule has 0 amide bonds. The summed E-state index contributed by atoms with van der Waals surface area (Å²) in [5.41, 5.74) is 3.40. The van der Waals surface area contributed by atoms with Crippen molar-refractivity contribution in [2.75, 3.05) is 0 Å². The van der Waals surface area contributed by atoms with Gasteiger partial charge in [-0.05, 0) is 41.1 Å². The molecule has 0 spiro atoms. The Kier molecular flexibility index (Phi) is 4.52. The summed E-state index contributed by atoms with van der Waals surface area (Å²) in [7, 11) is 0. The summed E-state index contributed by atoms with van der Waals surface area (Å²) in [6.07, 6.45) is 3.77. The van der Waals surface area contributed by atoms with Crippen molar-refractivity contribution in [3.05, 3.63) is 76.3 Å². The van der Waals surface area contributed by atoms with Crippen LogP contribution in [0.3, 0.4) is 0 Å². The van der Waals surface area contributed by atoms with Crippen LogP contribution in [0.2, 0.25) is 0 Å². The van der Waals surface area contributed by atoms with Crippen molar-refractivity contribution in [3.63, 3.8) is 0 Å². The van der Waals surface area contributed by atoms with Crippen LogP contribution >= 0.6 is 0 Å². The van der Waals surface area contributed by atoms with E-state index >= 15 is 0 Å². The van der Waals surface area contributed by atoms with Gasteiger partial charge in [0.2, 0.25) is 0 Å². The quantitative estimate of drug-likeness (QED) is 0.418. The van der Waals surface area contributed by atoms with Gasteiger partial charge in [-0.3, -0.25) is 5.26 Å². The van der Waals surface area contributed by atoms with Gasteiger partial charge in [-0.1, -0.05) is 36.4 Å². The van der Waals surface area contributed by atoms with E-state index in [9.17, 15) is 4.91 Å². The van der Waals surface area contributed by atoms with Gasteiger partial charge in [-0.2, -0.15) is 0 Å². The van der Waals surface area contributed by atoms with E-state index < -0.39 is 0 Å². The molecule has 0 aliphatic rings. The molecule has 0 aliphatic heterocycles. The first kappa shape index (κ1) is 15.0. The van der Waals surface area contributed by atoms with E-state index in [1.165, 1.54) is 0 Å². The lowest BCUT2D eigenvalue weighted by Gasteiger charge is -2.03. The highest BCUT2D eigenvalue weighted by molar-refractivity contribution is 5.80. The number of benzene rings is 2. The van der Waals surface area contributed by atoms with E-state index in [1.807, 2.05) is 48.6 Å². The SMILES string of the molecule is O=Nc1ccc(/C=C/c2ccc3ccccc3n2)cc1COO. The molecule has 3 aromatic rings. The van der Waals surface area contributed by atoms with E-state index in [1.54, 1.807) is 18.2 Å². The molecule has 0 atom stereocenters. The number of pyridine rings is 1. The molecule has 0 fully saturated rings. The van der Waals surface area contributed by atoms with Gasteiger partial charge in [0.05, 0.1) is 11.2 Å². The average Bonchev–Trinajstić information content (AvgIpc) is 2.60. The van der Waals surface area contributed by atoms with Gasteiger partial charge < -0.3 is 0 Å². The molecule has 114 valence electrons. The summed E-state index contributed by atoms with van der Waals surface area (Å²) in [6, 6.07) is 17.0. The highest BCUT2D eigenvalue weighted by atomic mass is 17.1. The predicted molar refractivity (Wildman–Crippen MR) is 90.0 cm³/mol. The first-order chi connectivity index (χ1) is 11.3. The van der Waals surface area contributed by atoms with Crippen molar-refractivity contribution in [3.8, 4) is 0 Å². The minimum Gasteiger partial charge on any atom is -0.251 e. The van der Waals surface area contributed by atoms with Crippen LogP contribution in [-0.4, -0.2) is 10.2 Å². The van der Waals surface area contributed by atoms with Gasteiger partial charge in [0.25, 0.3) is 0 Å². The maximum absolute atomic E-state index is 10.7. The Labute approximate surface area is 132 Å². The van der Waals surface area contributed by atoms with Gasteiger partial charge in [-0.15, -0.1) is 4.91 Å². The van der Waals surface area contributed by atoms with Crippen molar-refractivity contribution in [2.24, 2.45) is 5.18 Å². The van der Waals surface area contributed by atoms with Gasteiger partial charge in [0.15, 0.2) is 0 Å². The Bertz CT molecular complexity index is 875. The molecule has 0 radical (unpaired) electrons. The summed E-state index contributed by atoms with van der Waals surface area (Å²) < 4.78 is 0. The molecule has 2 aromatic carbocycles. The number of hydrogen-bond donors (Lipinski definition) is 1. The number of fused-ring (bicyclic) bond motifs is 1. The Morgan fingerprint density at radius 1 is 1.09 bits per heavy atom. The summed E-state index contributed by atoms with van der Waals surface area (Å²) in [5, 5.41) is 12.6. The number of hydrogen-bond acceptors (Lipinski definition) is 5. The van der Waals surface area contributed by atoms with Crippen molar-refractivity contribution >= 4 is 28.7 Å². The third-order valence-corrected chi connectivity index (χ3v) is 3.49. The highest BCUT2D eigenvalue weighted by Gasteiger charge is 2.04. The lowest BCUT2D eigenvalue weighted by Crippen LogP contribution is -1.89. The maximum atomic E-state index is 10.7. The number of nitroso groups, excluding NO2 is 1. The molecule has 5 nitrogen and oxygen atoms in total. The maximum Gasteiger partial charge on any atom is 0.113 e. The van der Waals surface area contributed by atoms with Crippen molar-refractivity contribution in [1.29, 1.82) is 0 Å². The molecule has 0 saturated heterocycles. The lowest BCUT2D eigenvalue weighted by molar-refractivity contribution is -0.252. The van der Waals surface area contributed by atoms with Crippen LogP contribution in [-0.2, 0) is 11.5 Å². The molecule has 0 bridgehead atoms. The van der Waals surface area contributed by atoms with Crippen LogP contribution in [0.1, 0.15) is 16.8 Å². The smallest absolute Gasteiger partial charge is 0.113 e. The fourth-order valence-electron chi connectivity index (χ4n) is 2.34. The number of para-hydroxylation sites is 1. The summed E-state index contributed by atoms with van der Waals surface area (Å²) in [4.78, 5) is 19.4. The molecule has 1 N–H and O–H groups in total. The van der Waals surface area contributed by atoms with E-state index in [0.29, 0.717) is 5.56 Å². The topological polar surface area (TPSA) is 71.8 Å². The summed E-state index contributed by atoms with van der Waals surface area (Å²) >= 11 is 0. The Morgan fingerprint density at radius 2 is 1.96 bits per heavy atom. The Morgan fingerprint density at radius 3 is 2.78 bits per heavy atom. The fraction of sp³-hybridized carbons (Fsp3) is 0.0556. The van der Waals surface area contributed by atoms with E-state index in [0.717, 1.165) is 22.2 Å². The van der Waals surface area contributed by atoms with Crippen molar-refractivity contribution in [1.82, 2.24) is 4.98 Å². The van der Waals surface area contributed by atoms with Gasteiger partial charge in [0.1, 0.15) is 12.3 Å².